The highest BCUT2D eigenvalue weighted by Gasteiger charge is 2.43. The lowest BCUT2D eigenvalue weighted by Crippen LogP contribution is -2.52. The molecular formula is C18H28N2O3. The maximum absolute atomic E-state index is 12.8. The van der Waals surface area contributed by atoms with Crippen LogP contribution in [0.2, 0.25) is 0 Å². The van der Waals surface area contributed by atoms with Crippen molar-refractivity contribution in [1.82, 2.24) is 4.90 Å². The molecule has 1 atom stereocenters. The van der Waals surface area contributed by atoms with Gasteiger partial charge in [-0.15, -0.1) is 0 Å². The summed E-state index contributed by atoms with van der Waals surface area (Å²) in [5, 5.41) is 12.9. The second-order valence-electron chi connectivity index (χ2n) is 6.85. The van der Waals surface area contributed by atoms with E-state index in [9.17, 15) is 9.90 Å². The van der Waals surface area contributed by atoms with Gasteiger partial charge in [0.1, 0.15) is 5.75 Å². The number of aliphatic hydroxyl groups excluding tert-OH is 1. The largest absolute Gasteiger partial charge is 0.497 e. The normalized spacial score (nSPS) is 20.9. The van der Waals surface area contributed by atoms with Crippen LogP contribution in [0.1, 0.15) is 38.7 Å². The molecule has 2 N–H and O–H groups in total. The van der Waals surface area contributed by atoms with E-state index in [-0.39, 0.29) is 12.6 Å². The minimum absolute atomic E-state index is 0.00962. The molecule has 5 nitrogen and oxygen atoms in total. The number of ether oxygens (including phenoxy) is 1. The molecule has 0 unspecified atom stereocenters. The number of methoxy groups -OCH3 is 1. The number of anilines is 1. The third kappa shape index (κ3) is 3.78. The molecule has 1 heterocycles. The second kappa shape index (κ2) is 7.21. The van der Waals surface area contributed by atoms with Crippen molar-refractivity contribution >= 4 is 11.7 Å². The monoisotopic (exact) mass is 320 g/mol. The van der Waals surface area contributed by atoms with Gasteiger partial charge in [0.05, 0.1) is 19.3 Å². The topological polar surface area (TPSA) is 61.8 Å². The summed E-state index contributed by atoms with van der Waals surface area (Å²) in [5.74, 6) is 1.14. The number of hydrogen-bond acceptors (Lipinski definition) is 3. The molecule has 1 aliphatic rings. The van der Waals surface area contributed by atoms with E-state index >= 15 is 0 Å². The highest BCUT2D eigenvalue weighted by Crippen LogP contribution is 2.35. The van der Waals surface area contributed by atoms with Crippen molar-refractivity contribution in [3.05, 3.63) is 23.8 Å². The zero-order valence-corrected chi connectivity index (χ0v) is 14.6. The number of nitrogens with one attached hydrogen (secondary N) is 1. The summed E-state index contributed by atoms with van der Waals surface area (Å²) >= 11 is 0. The summed E-state index contributed by atoms with van der Waals surface area (Å²) in [5.41, 5.74) is 1.29. The van der Waals surface area contributed by atoms with Crippen molar-refractivity contribution < 1.29 is 14.6 Å². The molecular weight excluding hydrogens is 292 g/mol. The number of nitrogens with zero attached hydrogens (tertiary/aromatic N) is 1. The minimum Gasteiger partial charge on any atom is -0.497 e. The molecule has 128 valence electrons. The van der Waals surface area contributed by atoms with Crippen LogP contribution in [0.4, 0.5) is 10.5 Å². The predicted octanol–water partition coefficient (Wildman–Crippen LogP) is 3.41. The summed E-state index contributed by atoms with van der Waals surface area (Å²) in [6.07, 6.45) is 2.60. The summed E-state index contributed by atoms with van der Waals surface area (Å²) < 4.78 is 5.23. The number of carbonyl (C=O) groups excluding carboxylic acids is 1. The van der Waals surface area contributed by atoms with Gasteiger partial charge < -0.3 is 20.1 Å². The first kappa shape index (κ1) is 17.6. The first-order valence-corrected chi connectivity index (χ1v) is 8.26. The molecule has 1 aromatic rings. The van der Waals surface area contributed by atoms with Gasteiger partial charge in [-0.25, -0.2) is 4.79 Å². The van der Waals surface area contributed by atoms with Gasteiger partial charge in [0, 0.05) is 18.3 Å². The van der Waals surface area contributed by atoms with Crippen LogP contribution in [-0.4, -0.2) is 41.8 Å². The van der Waals surface area contributed by atoms with Gasteiger partial charge in [-0.1, -0.05) is 19.9 Å². The Balaban J connectivity index is 2.19. The molecule has 0 aromatic heterocycles. The Hall–Kier alpha value is -1.75. The number of benzene rings is 1. The van der Waals surface area contributed by atoms with Crippen LogP contribution in [0, 0.1) is 12.8 Å². The van der Waals surface area contributed by atoms with Gasteiger partial charge in [0.15, 0.2) is 0 Å². The van der Waals surface area contributed by atoms with E-state index in [4.69, 9.17) is 4.74 Å². The molecule has 0 bridgehead atoms. The molecule has 0 spiro atoms. The third-order valence-electron chi connectivity index (χ3n) is 4.61. The Bertz CT molecular complexity index is 559. The van der Waals surface area contributed by atoms with E-state index in [0.29, 0.717) is 18.2 Å². The van der Waals surface area contributed by atoms with Crippen LogP contribution in [-0.2, 0) is 0 Å². The fraction of sp³-hybridized carbons (Fsp3) is 0.611. The summed E-state index contributed by atoms with van der Waals surface area (Å²) in [7, 11) is 1.61. The van der Waals surface area contributed by atoms with Gasteiger partial charge in [-0.3, -0.25) is 0 Å². The maximum Gasteiger partial charge on any atom is 0.322 e. The number of urea groups is 1. The summed E-state index contributed by atoms with van der Waals surface area (Å²) in [4.78, 5) is 14.6. The van der Waals surface area contributed by atoms with Gasteiger partial charge in [0.25, 0.3) is 0 Å². The van der Waals surface area contributed by atoms with Gasteiger partial charge in [0.2, 0.25) is 0 Å². The van der Waals surface area contributed by atoms with Crippen LogP contribution in [0.5, 0.6) is 5.75 Å². The van der Waals surface area contributed by atoms with Crippen molar-refractivity contribution in [3.8, 4) is 5.75 Å². The zero-order chi connectivity index (χ0) is 17.0. The van der Waals surface area contributed by atoms with Crippen LogP contribution < -0.4 is 10.1 Å². The maximum atomic E-state index is 12.8. The standard InChI is InChI=1S/C18H28N2O3/c1-13(2)11-18(12-21)8-5-9-20(18)17(22)19-16-10-15(23-4)7-6-14(16)3/h6-7,10,13,21H,5,8-9,11-12H2,1-4H3,(H,19,22)/t18-/m1/s1. The van der Waals surface area contributed by atoms with Crippen molar-refractivity contribution in [2.45, 2.75) is 45.6 Å². The molecule has 0 aliphatic carbocycles. The van der Waals surface area contributed by atoms with Crippen molar-refractivity contribution in [1.29, 1.82) is 0 Å². The van der Waals surface area contributed by atoms with E-state index in [1.165, 1.54) is 0 Å². The van der Waals surface area contributed by atoms with Crippen LogP contribution in [0.25, 0.3) is 0 Å². The fourth-order valence-corrected chi connectivity index (χ4v) is 3.50. The number of aliphatic hydroxyl groups is 1. The Morgan fingerprint density at radius 1 is 1.48 bits per heavy atom. The van der Waals surface area contributed by atoms with E-state index in [2.05, 4.69) is 19.2 Å². The van der Waals surface area contributed by atoms with Crippen molar-refractivity contribution in [2.75, 3.05) is 25.6 Å². The first-order valence-electron chi connectivity index (χ1n) is 8.26. The lowest BCUT2D eigenvalue weighted by atomic mass is 9.87. The third-order valence-corrected chi connectivity index (χ3v) is 4.61. The molecule has 1 saturated heterocycles. The molecule has 1 aromatic carbocycles. The number of hydrogen-bond donors (Lipinski definition) is 2. The SMILES string of the molecule is COc1ccc(C)c(NC(=O)N2CCC[C@]2(CO)CC(C)C)c1. The average molecular weight is 320 g/mol. The molecule has 1 aliphatic heterocycles. The Morgan fingerprint density at radius 2 is 2.22 bits per heavy atom. The molecule has 2 rings (SSSR count). The van der Waals surface area contributed by atoms with E-state index in [1.807, 2.05) is 30.0 Å². The zero-order valence-electron chi connectivity index (χ0n) is 14.6. The number of likely N-dealkylation sites (tertiary alicyclic amines) is 1. The lowest BCUT2D eigenvalue weighted by molar-refractivity contribution is 0.0728. The van der Waals surface area contributed by atoms with Crippen LogP contribution in [0.3, 0.4) is 0 Å². The Labute approximate surface area is 138 Å². The summed E-state index contributed by atoms with van der Waals surface area (Å²) in [6.45, 7) is 6.89. The average Bonchev–Trinajstić information content (AvgIpc) is 2.92. The highest BCUT2D eigenvalue weighted by atomic mass is 16.5. The smallest absolute Gasteiger partial charge is 0.322 e. The first-order chi connectivity index (χ1) is 10.9. The molecule has 0 saturated carbocycles. The predicted molar refractivity (Wildman–Crippen MR) is 92.0 cm³/mol. The minimum atomic E-state index is -0.439. The number of amides is 2. The summed E-state index contributed by atoms with van der Waals surface area (Å²) in [6, 6.07) is 5.48. The molecule has 5 heteroatoms. The number of rotatable bonds is 5. The molecule has 23 heavy (non-hydrogen) atoms. The Kier molecular flexibility index (Phi) is 5.52. The lowest BCUT2D eigenvalue weighted by Gasteiger charge is -2.38. The van der Waals surface area contributed by atoms with Crippen LogP contribution in [0.15, 0.2) is 18.2 Å². The van der Waals surface area contributed by atoms with Crippen molar-refractivity contribution in [3.63, 3.8) is 0 Å². The van der Waals surface area contributed by atoms with Crippen molar-refractivity contribution in [2.24, 2.45) is 5.92 Å². The van der Waals surface area contributed by atoms with Crippen LogP contribution >= 0.6 is 0 Å². The van der Waals surface area contributed by atoms with Gasteiger partial charge in [-0.05, 0) is 43.7 Å². The second-order valence-corrected chi connectivity index (χ2v) is 6.85. The van der Waals surface area contributed by atoms with E-state index in [1.54, 1.807) is 7.11 Å². The van der Waals surface area contributed by atoms with E-state index in [0.717, 1.165) is 30.5 Å². The number of carbonyl (C=O) groups is 1. The Morgan fingerprint density at radius 3 is 2.83 bits per heavy atom. The molecule has 1 fully saturated rings. The molecule has 2 amide bonds. The van der Waals surface area contributed by atoms with Gasteiger partial charge >= 0.3 is 6.03 Å². The fourth-order valence-electron chi connectivity index (χ4n) is 3.50. The number of aryl methyl sites for hydroxylation is 1. The molecule has 0 radical (unpaired) electrons. The quantitative estimate of drug-likeness (QED) is 0.874. The highest BCUT2D eigenvalue weighted by molar-refractivity contribution is 5.91. The van der Waals surface area contributed by atoms with E-state index < -0.39 is 5.54 Å². The van der Waals surface area contributed by atoms with Gasteiger partial charge in [-0.2, -0.15) is 0 Å².